The molecule has 1 aromatic carbocycles. The van der Waals surface area contributed by atoms with Crippen molar-refractivity contribution in [3.63, 3.8) is 0 Å². The van der Waals surface area contributed by atoms with Gasteiger partial charge in [-0.25, -0.2) is 22.7 Å². The molecule has 1 radical (unpaired) electrons. The molecule has 1 aliphatic heterocycles. The zero-order chi connectivity index (χ0) is 20.4. The normalized spacial score (nSPS) is 18.7. The number of aromatic nitrogens is 2. The predicted octanol–water partition coefficient (Wildman–Crippen LogP) is 3.67. The third-order valence-corrected chi connectivity index (χ3v) is 8.15. The Morgan fingerprint density at radius 3 is 2.18 bits per heavy atom. The van der Waals surface area contributed by atoms with E-state index in [9.17, 15) is 8.42 Å². The lowest BCUT2D eigenvalue weighted by Crippen LogP contribution is -2.46. The molecule has 1 unspecified atom stereocenters. The van der Waals surface area contributed by atoms with Crippen LogP contribution in [-0.2, 0) is 15.4 Å². The molecule has 2 aromatic rings. The van der Waals surface area contributed by atoms with Gasteiger partial charge in [-0.1, -0.05) is 37.3 Å². The number of nitrogens with zero attached hydrogens (tertiary/aromatic N) is 3. The second kappa shape index (κ2) is 8.29. The fourth-order valence-corrected chi connectivity index (χ4v) is 5.97. The molecule has 0 N–H and O–H groups in total. The molecule has 3 rings (SSSR count). The summed E-state index contributed by atoms with van der Waals surface area (Å²) in [7, 11) is -3.15. The summed E-state index contributed by atoms with van der Waals surface area (Å²) in [6.07, 6.45) is 3.90. The highest BCUT2D eigenvalue weighted by Crippen LogP contribution is 2.48. The number of aryl methyl sites for hydroxylation is 2. The van der Waals surface area contributed by atoms with Gasteiger partial charge in [0.25, 0.3) is 0 Å². The van der Waals surface area contributed by atoms with Crippen molar-refractivity contribution in [3.05, 3.63) is 66.1 Å². The first kappa shape index (κ1) is 20.9. The standard InChI is InChI=1S/C22H30N3O2S/c1-5-22(19-10-8-7-9-11-19,21-17(3)23-16-24-18(21)4)20-12-14-25(15-13-20)28(26,27)6-2/h7-11,16,20H,1,5-6,12-15H2,2-4H3. The lowest BCUT2D eigenvalue weighted by molar-refractivity contribution is 0.197. The van der Waals surface area contributed by atoms with Gasteiger partial charge >= 0.3 is 0 Å². The Bertz CT molecular complexity index is 886. The lowest BCUT2D eigenvalue weighted by Gasteiger charge is -2.46. The highest BCUT2D eigenvalue weighted by Gasteiger charge is 2.45. The van der Waals surface area contributed by atoms with E-state index in [2.05, 4.69) is 41.2 Å². The van der Waals surface area contributed by atoms with Crippen LogP contribution in [0.25, 0.3) is 0 Å². The highest BCUT2D eigenvalue weighted by atomic mass is 32.2. The first-order valence-corrected chi connectivity index (χ1v) is 11.6. The van der Waals surface area contributed by atoms with E-state index in [1.54, 1.807) is 17.6 Å². The molecule has 5 nitrogen and oxygen atoms in total. The van der Waals surface area contributed by atoms with Gasteiger partial charge in [0.1, 0.15) is 6.33 Å². The van der Waals surface area contributed by atoms with Crippen molar-refractivity contribution in [3.8, 4) is 0 Å². The van der Waals surface area contributed by atoms with Crippen LogP contribution >= 0.6 is 0 Å². The minimum Gasteiger partial charge on any atom is -0.241 e. The van der Waals surface area contributed by atoms with Crippen molar-refractivity contribution < 1.29 is 8.42 Å². The molecule has 1 aliphatic rings. The van der Waals surface area contributed by atoms with Crippen LogP contribution in [0.15, 0.2) is 36.7 Å². The van der Waals surface area contributed by atoms with Crippen LogP contribution in [0.1, 0.15) is 48.7 Å². The van der Waals surface area contributed by atoms with Gasteiger partial charge in [0, 0.05) is 35.5 Å². The smallest absolute Gasteiger partial charge is 0.213 e. The van der Waals surface area contributed by atoms with E-state index in [-0.39, 0.29) is 17.1 Å². The van der Waals surface area contributed by atoms with Gasteiger partial charge < -0.3 is 0 Å². The average Bonchev–Trinajstić information content (AvgIpc) is 2.72. The summed E-state index contributed by atoms with van der Waals surface area (Å²) in [4.78, 5) is 8.99. The maximum absolute atomic E-state index is 12.3. The zero-order valence-electron chi connectivity index (χ0n) is 17.1. The van der Waals surface area contributed by atoms with Crippen LogP contribution in [0.2, 0.25) is 0 Å². The van der Waals surface area contributed by atoms with E-state index >= 15 is 0 Å². The first-order chi connectivity index (χ1) is 13.4. The van der Waals surface area contributed by atoms with E-state index in [0.29, 0.717) is 19.5 Å². The van der Waals surface area contributed by atoms with E-state index < -0.39 is 10.0 Å². The van der Waals surface area contributed by atoms with Crippen LogP contribution in [0.5, 0.6) is 0 Å². The zero-order valence-corrected chi connectivity index (χ0v) is 17.9. The van der Waals surface area contributed by atoms with Gasteiger partial charge in [-0.3, -0.25) is 0 Å². The van der Waals surface area contributed by atoms with Crippen molar-refractivity contribution in [2.75, 3.05) is 18.8 Å². The molecule has 1 fully saturated rings. The molecule has 1 saturated heterocycles. The molecular formula is C22H30N3O2S. The summed E-state index contributed by atoms with van der Waals surface area (Å²) in [5.74, 6) is 0.431. The van der Waals surface area contributed by atoms with Crippen LogP contribution in [0.3, 0.4) is 0 Å². The van der Waals surface area contributed by atoms with E-state index in [0.717, 1.165) is 29.8 Å². The third kappa shape index (κ3) is 3.60. The Morgan fingerprint density at radius 1 is 1.11 bits per heavy atom. The number of benzene rings is 1. The molecule has 1 aromatic heterocycles. The summed E-state index contributed by atoms with van der Waals surface area (Å²) in [5, 5.41) is 0. The second-order valence-electron chi connectivity index (χ2n) is 7.58. The van der Waals surface area contributed by atoms with Crippen LogP contribution in [0, 0.1) is 26.7 Å². The molecular weight excluding hydrogens is 370 g/mol. The number of piperidine rings is 1. The Labute approximate surface area is 169 Å². The van der Waals surface area contributed by atoms with E-state index in [4.69, 9.17) is 0 Å². The molecule has 6 heteroatoms. The van der Waals surface area contributed by atoms with Crippen molar-refractivity contribution in [2.24, 2.45) is 5.92 Å². The maximum Gasteiger partial charge on any atom is 0.213 e. The van der Waals surface area contributed by atoms with Gasteiger partial charge in [0.05, 0.1) is 5.75 Å². The van der Waals surface area contributed by atoms with Gasteiger partial charge in [-0.05, 0) is 51.5 Å². The molecule has 0 aliphatic carbocycles. The van der Waals surface area contributed by atoms with Crippen molar-refractivity contribution >= 4 is 10.0 Å². The third-order valence-electron chi connectivity index (χ3n) is 6.26. The maximum atomic E-state index is 12.3. The fourth-order valence-electron chi connectivity index (χ4n) is 4.84. The second-order valence-corrected chi connectivity index (χ2v) is 9.84. The number of rotatable bonds is 6. The Hall–Kier alpha value is -1.79. The monoisotopic (exact) mass is 400 g/mol. The molecule has 0 saturated carbocycles. The van der Waals surface area contributed by atoms with Crippen LogP contribution in [0.4, 0.5) is 0 Å². The summed E-state index contributed by atoms with van der Waals surface area (Å²) in [6, 6.07) is 10.5. The molecule has 0 amide bonds. The van der Waals surface area contributed by atoms with E-state index in [1.165, 1.54) is 5.56 Å². The Balaban J connectivity index is 2.09. The van der Waals surface area contributed by atoms with Gasteiger partial charge in [0.15, 0.2) is 0 Å². The summed E-state index contributed by atoms with van der Waals surface area (Å²) in [6.45, 7) is 11.3. The molecule has 1 atom stereocenters. The quantitative estimate of drug-likeness (QED) is 0.742. The molecule has 2 heterocycles. The Kier molecular flexibility index (Phi) is 6.20. The van der Waals surface area contributed by atoms with Crippen molar-refractivity contribution in [1.29, 1.82) is 0 Å². The highest BCUT2D eigenvalue weighted by molar-refractivity contribution is 7.89. The minimum absolute atomic E-state index is 0.154. The number of hydrogen-bond donors (Lipinski definition) is 0. The van der Waals surface area contributed by atoms with Crippen LogP contribution < -0.4 is 0 Å². The average molecular weight is 401 g/mol. The van der Waals surface area contributed by atoms with Gasteiger partial charge in [0.2, 0.25) is 10.0 Å². The molecule has 0 spiro atoms. The van der Waals surface area contributed by atoms with Crippen LogP contribution in [-0.4, -0.2) is 41.5 Å². The lowest BCUT2D eigenvalue weighted by atomic mass is 9.60. The van der Waals surface area contributed by atoms with Crippen molar-refractivity contribution in [2.45, 2.75) is 45.4 Å². The predicted molar refractivity (Wildman–Crippen MR) is 112 cm³/mol. The SMILES string of the molecule is [CH2]CC(c1ccccc1)(c1c(C)ncnc1C)C1CCN(S(=O)(=O)CC)CC1. The van der Waals surface area contributed by atoms with E-state index in [1.807, 2.05) is 19.9 Å². The summed E-state index contributed by atoms with van der Waals surface area (Å²) >= 11 is 0. The molecule has 151 valence electrons. The number of sulfonamides is 1. The van der Waals surface area contributed by atoms with Crippen molar-refractivity contribution in [1.82, 2.24) is 14.3 Å². The molecule has 28 heavy (non-hydrogen) atoms. The molecule has 0 bridgehead atoms. The Morgan fingerprint density at radius 2 is 1.68 bits per heavy atom. The topological polar surface area (TPSA) is 63.2 Å². The van der Waals surface area contributed by atoms with Gasteiger partial charge in [-0.15, -0.1) is 0 Å². The largest absolute Gasteiger partial charge is 0.241 e. The first-order valence-electron chi connectivity index (χ1n) is 9.98. The minimum atomic E-state index is -3.15. The van der Waals surface area contributed by atoms with Gasteiger partial charge in [-0.2, -0.15) is 0 Å². The summed E-state index contributed by atoms with van der Waals surface area (Å²) < 4.78 is 26.3. The fraction of sp³-hybridized carbons (Fsp3) is 0.500. The summed E-state index contributed by atoms with van der Waals surface area (Å²) in [5.41, 5.74) is 3.99. The number of hydrogen-bond acceptors (Lipinski definition) is 4.